The first kappa shape index (κ1) is 11.4. The van der Waals surface area contributed by atoms with Crippen LogP contribution in [0, 0.1) is 5.41 Å². The minimum Gasteiger partial charge on any atom is -0.384 e. The summed E-state index contributed by atoms with van der Waals surface area (Å²) in [5, 5.41) is 0. The fourth-order valence-corrected chi connectivity index (χ4v) is 2.29. The van der Waals surface area contributed by atoms with Gasteiger partial charge in [0.2, 0.25) is 0 Å². The van der Waals surface area contributed by atoms with Crippen molar-refractivity contribution in [1.82, 2.24) is 0 Å². The zero-order valence-electron chi connectivity index (χ0n) is 9.13. The van der Waals surface area contributed by atoms with E-state index in [2.05, 4.69) is 0 Å². The van der Waals surface area contributed by atoms with E-state index in [0.717, 1.165) is 24.7 Å². The number of methoxy groups -OCH3 is 2. The minimum atomic E-state index is -0.0101. The van der Waals surface area contributed by atoms with E-state index in [1.54, 1.807) is 14.2 Å². The van der Waals surface area contributed by atoms with Crippen molar-refractivity contribution in [3.8, 4) is 0 Å². The fourth-order valence-electron chi connectivity index (χ4n) is 2.29. The van der Waals surface area contributed by atoms with Crippen molar-refractivity contribution >= 4 is 6.29 Å². The summed E-state index contributed by atoms with van der Waals surface area (Å²) < 4.78 is 10.4. The molecule has 3 nitrogen and oxygen atoms in total. The van der Waals surface area contributed by atoms with E-state index in [1.807, 2.05) is 6.92 Å². The molecule has 0 aromatic rings. The van der Waals surface area contributed by atoms with E-state index in [1.165, 1.54) is 5.57 Å². The zero-order valence-corrected chi connectivity index (χ0v) is 9.13. The summed E-state index contributed by atoms with van der Waals surface area (Å²) in [6.07, 6.45) is 2.65. The molecule has 0 N–H and O–H groups in total. The van der Waals surface area contributed by atoms with Crippen LogP contribution < -0.4 is 0 Å². The van der Waals surface area contributed by atoms with Gasteiger partial charge < -0.3 is 9.47 Å². The predicted molar refractivity (Wildman–Crippen MR) is 54.2 cm³/mol. The Labute approximate surface area is 85.1 Å². The first-order valence-electron chi connectivity index (χ1n) is 4.79. The lowest BCUT2D eigenvalue weighted by molar-refractivity contribution is -0.105. The SMILES string of the molecule is COCC1(COC)CC(C)=C(C=O)C1. The van der Waals surface area contributed by atoms with Crippen molar-refractivity contribution in [2.45, 2.75) is 19.8 Å². The molecule has 0 spiro atoms. The monoisotopic (exact) mass is 198 g/mol. The summed E-state index contributed by atoms with van der Waals surface area (Å²) in [6, 6.07) is 0. The van der Waals surface area contributed by atoms with Gasteiger partial charge in [0.15, 0.2) is 0 Å². The number of aldehydes is 1. The molecular weight excluding hydrogens is 180 g/mol. The van der Waals surface area contributed by atoms with Gasteiger partial charge in [-0.25, -0.2) is 0 Å². The molecule has 0 aromatic carbocycles. The number of carbonyl (C=O) groups excluding carboxylic acids is 1. The van der Waals surface area contributed by atoms with Gasteiger partial charge in [-0.05, 0) is 25.3 Å². The normalized spacial score (nSPS) is 20.2. The molecule has 80 valence electrons. The Hall–Kier alpha value is -0.670. The molecule has 0 unspecified atom stereocenters. The van der Waals surface area contributed by atoms with Crippen molar-refractivity contribution in [3.63, 3.8) is 0 Å². The maximum absolute atomic E-state index is 10.8. The van der Waals surface area contributed by atoms with Gasteiger partial charge in [-0.1, -0.05) is 5.57 Å². The summed E-state index contributed by atoms with van der Waals surface area (Å²) in [5.74, 6) is 0. The number of allylic oxidation sites excluding steroid dienone is 2. The molecule has 0 saturated heterocycles. The Balaban J connectivity index is 2.72. The molecule has 14 heavy (non-hydrogen) atoms. The van der Waals surface area contributed by atoms with Crippen LogP contribution >= 0.6 is 0 Å². The highest BCUT2D eigenvalue weighted by Crippen LogP contribution is 2.41. The number of carbonyl (C=O) groups is 1. The topological polar surface area (TPSA) is 35.5 Å². The average molecular weight is 198 g/mol. The Morgan fingerprint density at radius 1 is 1.29 bits per heavy atom. The number of rotatable bonds is 5. The highest BCUT2D eigenvalue weighted by Gasteiger charge is 2.37. The van der Waals surface area contributed by atoms with Crippen LogP contribution in [-0.4, -0.2) is 33.7 Å². The van der Waals surface area contributed by atoms with Crippen LogP contribution in [0.15, 0.2) is 11.1 Å². The lowest BCUT2D eigenvalue weighted by Crippen LogP contribution is -2.29. The van der Waals surface area contributed by atoms with Crippen LogP contribution in [0.1, 0.15) is 19.8 Å². The third-order valence-electron chi connectivity index (χ3n) is 2.80. The van der Waals surface area contributed by atoms with Gasteiger partial charge in [-0.3, -0.25) is 4.79 Å². The van der Waals surface area contributed by atoms with E-state index in [4.69, 9.17) is 9.47 Å². The lowest BCUT2D eigenvalue weighted by atomic mass is 9.85. The second kappa shape index (κ2) is 4.71. The van der Waals surface area contributed by atoms with Crippen molar-refractivity contribution in [2.75, 3.05) is 27.4 Å². The van der Waals surface area contributed by atoms with Crippen molar-refractivity contribution < 1.29 is 14.3 Å². The molecule has 0 atom stereocenters. The van der Waals surface area contributed by atoms with E-state index < -0.39 is 0 Å². The van der Waals surface area contributed by atoms with Crippen LogP contribution in [-0.2, 0) is 14.3 Å². The Kier molecular flexibility index (Phi) is 3.84. The maximum Gasteiger partial charge on any atom is 0.145 e. The molecular formula is C11H18O3. The largest absolute Gasteiger partial charge is 0.384 e. The molecule has 0 aromatic heterocycles. The molecule has 1 aliphatic rings. The first-order valence-corrected chi connectivity index (χ1v) is 4.79. The first-order chi connectivity index (χ1) is 6.67. The summed E-state index contributed by atoms with van der Waals surface area (Å²) in [4.78, 5) is 10.8. The molecule has 0 amide bonds. The molecule has 0 fully saturated rings. The average Bonchev–Trinajstić information content (AvgIpc) is 2.44. The quantitative estimate of drug-likeness (QED) is 0.629. The second-order valence-electron chi connectivity index (χ2n) is 4.14. The number of hydrogen-bond acceptors (Lipinski definition) is 3. The molecule has 0 aliphatic heterocycles. The third-order valence-corrected chi connectivity index (χ3v) is 2.80. The summed E-state index contributed by atoms with van der Waals surface area (Å²) >= 11 is 0. The molecule has 0 saturated carbocycles. The van der Waals surface area contributed by atoms with Crippen LogP contribution in [0.25, 0.3) is 0 Å². The Morgan fingerprint density at radius 3 is 2.21 bits per heavy atom. The minimum absolute atomic E-state index is 0.0101. The van der Waals surface area contributed by atoms with E-state index in [0.29, 0.717) is 13.2 Å². The molecule has 0 bridgehead atoms. The highest BCUT2D eigenvalue weighted by atomic mass is 16.5. The van der Waals surface area contributed by atoms with Gasteiger partial charge in [0.1, 0.15) is 6.29 Å². The van der Waals surface area contributed by atoms with E-state index in [9.17, 15) is 4.79 Å². The van der Waals surface area contributed by atoms with Gasteiger partial charge >= 0.3 is 0 Å². The number of hydrogen-bond donors (Lipinski definition) is 0. The summed E-state index contributed by atoms with van der Waals surface area (Å²) in [6.45, 7) is 3.31. The molecule has 0 radical (unpaired) electrons. The van der Waals surface area contributed by atoms with Crippen molar-refractivity contribution in [2.24, 2.45) is 5.41 Å². The van der Waals surface area contributed by atoms with Gasteiger partial charge in [0.05, 0.1) is 13.2 Å². The Morgan fingerprint density at radius 2 is 1.86 bits per heavy atom. The predicted octanol–water partition coefficient (Wildman–Crippen LogP) is 1.57. The van der Waals surface area contributed by atoms with Crippen LogP contribution in [0.5, 0.6) is 0 Å². The van der Waals surface area contributed by atoms with Gasteiger partial charge in [-0.2, -0.15) is 0 Å². The van der Waals surface area contributed by atoms with Crippen molar-refractivity contribution in [3.05, 3.63) is 11.1 Å². The highest BCUT2D eigenvalue weighted by molar-refractivity contribution is 5.75. The molecule has 1 aliphatic carbocycles. The summed E-state index contributed by atoms with van der Waals surface area (Å²) in [7, 11) is 3.37. The van der Waals surface area contributed by atoms with Crippen molar-refractivity contribution in [1.29, 1.82) is 0 Å². The lowest BCUT2D eigenvalue weighted by Gasteiger charge is -2.27. The van der Waals surface area contributed by atoms with Crippen LogP contribution in [0.2, 0.25) is 0 Å². The van der Waals surface area contributed by atoms with Gasteiger partial charge in [-0.15, -0.1) is 0 Å². The van der Waals surface area contributed by atoms with Crippen LogP contribution in [0.4, 0.5) is 0 Å². The fraction of sp³-hybridized carbons (Fsp3) is 0.727. The smallest absolute Gasteiger partial charge is 0.145 e. The van der Waals surface area contributed by atoms with Gasteiger partial charge in [0.25, 0.3) is 0 Å². The Bertz CT molecular complexity index is 237. The maximum atomic E-state index is 10.8. The summed E-state index contributed by atoms with van der Waals surface area (Å²) in [5.41, 5.74) is 2.08. The second-order valence-corrected chi connectivity index (χ2v) is 4.14. The third kappa shape index (κ3) is 2.22. The standard InChI is InChI=1S/C11H18O3/c1-9-4-11(7-13-2,8-14-3)5-10(9)6-12/h6H,4-5,7-8H2,1-3H3. The molecule has 3 heteroatoms. The molecule has 1 rings (SSSR count). The van der Waals surface area contributed by atoms with Gasteiger partial charge in [0, 0.05) is 19.6 Å². The van der Waals surface area contributed by atoms with Crippen LogP contribution in [0.3, 0.4) is 0 Å². The number of ether oxygens (including phenoxy) is 2. The molecule has 0 heterocycles. The zero-order chi connectivity index (χ0) is 10.6. The van der Waals surface area contributed by atoms with E-state index in [-0.39, 0.29) is 5.41 Å². The van der Waals surface area contributed by atoms with E-state index >= 15 is 0 Å².